The smallest absolute Gasteiger partial charge is 0.324 e. The first-order chi connectivity index (χ1) is 7.13. The van der Waals surface area contributed by atoms with Crippen molar-refractivity contribution in [2.24, 2.45) is 5.92 Å². The van der Waals surface area contributed by atoms with E-state index in [1.54, 1.807) is 11.9 Å². The Hall–Kier alpha value is -1.06. The number of nitrogens with zero attached hydrogens (tertiary/aromatic N) is 2. The molecule has 15 heavy (non-hydrogen) atoms. The van der Waals surface area contributed by atoms with Crippen LogP contribution in [-0.4, -0.2) is 41.9 Å². The number of hydrogen-bond donors (Lipinski definition) is 0. The van der Waals surface area contributed by atoms with Gasteiger partial charge in [-0.25, -0.2) is 4.79 Å². The van der Waals surface area contributed by atoms with Gasteiger partial charge in [0, 0.05) is 20.1 Å². The number of rotatable bonds is 0. The molecule has 2 unspecified atom stereocenters. The molecule has 1 saturated heterocycles. The molecule has 2 atom stereocenters. The number of carbonyl (C=O) groups excluding carboxylic acids is 2. The van der Waals surface area contributed by atoms with Crippen molar-refractivity contribution in [3.63, 3.8) is 0 Å². The topological polar surface area (TPSA) is 40.6 Å². The number of hydrogen-bond acceptors (Lipinski definition) is 2. The van der Waals surface area contributed by atoms with Crippen molar-refractivity contribution in [2.45, 2.75) is 38.1 Å². The summed E-state index contributed by atoms with van der Waals surface area (Å²) in [4.78, 5) is 26.7. The van der Waals surface area contributed by atoms with Crippen LogP contribution in [0.25, 0.3) is 0 Å². The second kappa shape index (κ2) is 3.83. The zero-order chi connectivity index (χ0) is 11.0. The highest BCUT2D eigenvalue weighted by Crippen LogP contribution is 2.31. The van der Waals surface area contributed by atoms with Crippen LogP contribution in [0.4, 0.5) is 4.79 Å². The SMILES string of the molecule is CN1C(=O)C2CCCCCC2N(C)C1=O. The third-order valence-electron chi connectivity index (χ3n) is 3.71. The van der Waals surface area contributed by atoms with Gasteiger partial charge in [-0.1, -0.05) is 19.3 Å². The van der Waals surface area contributed by atoms with E-state index >= 15 is 0 Å². The maximum Gasteiger partial charge on any atom is 0.326 e. The Morgan fingerprint density at radius 2 is 1.73 bits per heavy atom. The predicted octanol–water partition coefficient (Wildman–Crippen LogP) is 1.46. The molecule has 1 heterocycles. The van der Waals surface area contributed by atoms with E-state index in [9.17, 15) is 9.59 Å². The van der Waals surface area contributed by atoms with Gasteiger partial charge in [0.15, 0.2) is 0 Å². The van der Waals surface area contributed by atoms with Gasteiger partial charge in [0.25, 0.3) is 0 Å². The maximum absolute atomic E-state index is 11.9. The minimum Gasteiger partial charge on any atom is -0.324 e. The summed E-state index contributed by atoms with van der Waals surface area (Å²) in [7, 11) is 3.40. The number of carbonyl (C=O) groups is 2. The van der Waals surface area contributed by atoms with Crippen LogP contribution in [0.3, 0.4) is 0 Å². The lowest BCUT2D eigenvalue weighted by Crippen LogP contribution is -2.58. The van der Waals surface area contributed by atoms with Crippen LogP contribution < -0.4 is 0 Å². The van der Waals surface area contributed by atoms with E-state index in [0.717, 1.165) is 25.7 Å². The third-order valence-corrected chi connectivity index (χ3v) is 3.71. The molecular formula is C11H18N2O2. The molecule has 2 fully saturated rings. The molecule has 3 amide bonds. The molecule has 0 aromatic rings. The average molecular weight is 210 g/mol. The summed E-state index contributed by atoms with van der Waals surface area (Å²) < 4.78 is 0. The van der Waals surface area contributed by atoms with Gasteiger partial charge >= 0.3 is 6.03 Å². The zero-order valence-corrected chi connectivity index (χ0v) is 9.40. The van der Waals surface area contributed by atoms with E-state index in [0.29, 0.717) is 0 Å². The van der Waals surface area contributed by atoms with Crippen LogP contribution in [0.1, 0.15) is 32.1 Å². The highest BCUT2D eigenvalue weighted by Gasteiger charge is 2.42. The highest BCUT2D eigenvalue weighted by atomic mass is 16.2. The van der Waals surface area contributed by atoms with Crippen LogP contribution in [0.15, 0.2) is 0 Å². The first kappa shape index (κ1) is 10.5. The molecule has 2 rings (SSSR count). The Morgan fingerprint density at radius 1 is 1.07 bits per heavy atom. The van der Waals surface area contributed by atoms with Crippen LogP contribution in [0.5, 0.6) is 0 Å². The van der Waals surface area contributed by atoms with E-state index < -0.39 is 0 Å². The van der Waals surface area contributed by atoms with Gasteiger partial charge in [-0.05, 0) is 12.8 Å². The molecule has 4 heteroatoms. The zero-order valence-electron chi connectivity index (χ0n) is 9.40. The summed E-state index contributed by atoms with van der Waals surface area (Å²) in [6.07, 6.45) is 5.35. The molecule has 0 bridgehead atoms. The lowest BCUT2D eigenvalue weighted by molar-refractivity contribution is -0.137. The lowest BCUT2D eigenvalue weighted by atomic mass is 9.90. The Bertz CT molecular complexity index is 290. The van der Waals surface area contributed by atoms with Gasteiger partial charge in [-0.15, -0.1) is 0 Å². The lowest BCUT2D eigenvalue weighted by Gasteiger charge is -2.41. The van der Waals surface area contributed by atoms with Gasteiger partial charge in [-0.2, -0.15) is 0 Å². The van der Waals surface area contributed by atoms with E-state index in [2.05, 4.69) is 0 Å². The predicted molar refractivity (Wildman–Crippen MR) is 56.3 cm³/mol. The van der Waals surface area contributed by atoms with Crippen LogP contribution >= 0.6 is 0 Å². The first-order valence-electron chi connectivity index (χ1n) is 5.67. The highest BCUT2D eigenvalue weighted by molar-refractivity contribution is 5.98. The van der Waals surface area contributed by atoms with E-state index in [-0.39, 0.29) is 23.9 Å². The van der Waals surface area contributed by atoms with E-state index in [1.165, 1.54) is 11.3 Å². The molecule has 4 nitrogen and oxygen atoms in total. The van der Waals surface area contributed by atoms with Crippen LogP contribution in [0.2, 0.25) is 0 Å². The minimum absolute atomic E-state index is 0.0185. The van der Waals surface area contributed by atoms with E-state index in [1.807, 2.05) is 7.05 Å². The maximum atomic E-state index is 11.9. The Labute approximate surface area is 90.2 Å². The second-order valence-electron chi connectivity index (χ2n) is 4.60. The fraction of sp³-hybridized carbons (Fsp3) is 0.818. The first-order valence-corrected chi connectivity index (χ1v) is 5.67. The summed E-state index contributed by atoms with van der Waals surface area (Å²) in [6, 6.07) is -0.00755. The van der Waals surface area contributed by atoms with Crippen molar-refractivity contribution in [1.82, 2.24) is 9.80 Å². The molecule has 2 aliphatic rings. The summed E-state index contributed by atoms with van der Waals surface area (Å²) in [5.74, 6) is 0.0604. The Morgan fingerprint density at radius 3 is 2.47 bits per heavy atom. The van der Waals surface area contributed by atoms with Gasteiger partial charge < -0.3 is 4.90 Å². The summed E-state index contributed by atoms with van der Waals surface area (Å²) in [5, 5.41) is 0. The fourth-order valence-electron chi connectivity index (χ4n) is 2.76. The van der Waals surface area contributed by atoms with Gasteiger partial charge in [0.1, 0.15) is 0 Å². The molecule has 1 saturated carbocycles. The van der Waals surface area contributed by atoms with Crippen LogP contribution in [-0.2, 0) is 4.79 Å². The van der Waals surface area contributed by atoms with Gasteiger partial charge in [-0.3, -0.25) is 9.69 Å². The number of imide groups is 1. The third kappa shape index (κ3) is 1.62. The largest absolute Gasteiger partial charge is 0.326 e. The fourth-order valence-corrected chi connectivity index (χ4v) is 2.76. The van der Waals surface area contributed by atoms with Gasteiger partial charge in [0.2, 0.25) is 5.91 Å². The summed E-state index contributed by atoms with van der Waals surface area (Å²) in [5.41, 5.74) is 0. The van der Waals surface area contributed by atoms with Crippen molar-refractivity contribution in [3.05, 3.63) is 0 Å². The summed E-state index contributed by atoms with van der Waals surface area (Å²) in [6.45, 7) is 0. The minimum atomic E-state index is -0.150. The molecule has 0 aromatic carbocycles. The molecule has 0 N–H and O–H groups in total. The Balaban J connectivity index is 2.25. The molecular weight excluding hydrogens is 192 g/mol. The Kier molecular flexibility index (Phi) is 2.67. The number of urea groups is 1. The van der Waals surface area contributed by atoms with Crippen molar-refractivity contribution < 1.29 is 9.59 Å². The van der Waals surface area contributed by atoms with E-state index in [4.69, 9.17) is 0 Å². The summed E-state index contributed by atoms with van der Waals surface area (Å²) >= 11 is 0. The van der Waals surface area contributed by atoms with Crippen molar-refractivity contribution in [1.29, 1.82) is 0 Å². The van der Waals surface area contributed by atoms with Crippen molar-refractivity contribution in [3.8, 4) is 0 Å². The molecule has 0 radical (unpaired) electrons. The standard InChI is InChI=1S/C11H18N2O2/c1-12-9-7-5-3-4-6-8(9)10(14)13(2)11(12)15/h8-9H,3-7H2,1-2H3. The molecule has 84 valence electrons. The monoisotopic (exact) mass is 210 g/mol. The van der Waals surface area contributed by atoms with Crippen molar-refractivity contribution >= 4 is 11.9 Å². The second-order valence-corrected chi connectivity index (χ2v) is 4.60. The van der Waals surface area contributed by atoms with Crippen molar-refractivity contribution in [2.75, 3.05) is 14.1 Å². The normalized spacial score (nSPS) is 32.7. The van der Waals surface area contributed by atoms with Crippen LogP contribution in [0, 0.1) is 5.92 Å². The quantitative estimate of drug-likeness (QED) is 0.607. The van der Waals surface area contributed by atoms with Gasteiger partial charge in [0.05, 0.1) is 5.92 Å². The number of fused-ring (bicyclic) bond motifs is 1. The molecule has 1 aliphatic carbocycles. The molecule has 0 aromatic heterocycles. The number of amides is 3. The molecule has 0 spiro atoms. The average Bonchev–Trinajstić information content (AvgIpc) is 2.48. The molecule has 1 aliphatic heterocycles.